The predicted octanol–water partition coefficient (Wildman–Crippen LogP) is 14.5. The minimum atomic E-state index is -0.583. The molecule has 276 valence electrons. The molecular formula is C58H39N. The standard InChI is InChI=1S/C58H39N/c1-3-22-44(23-4-1)57(45-24-5-2-6-25-45)50-28-13-15-30-52(50)58(53-31-16-14-29-51(53)57)49-27-12-11-26-48(49)56-54(58)32-17-33-55(56)59(46-36-34-40-18-7-9-20-42(40)38-46)47-37-35-41-19-8-10-21-43(41)39-47/h1-39H. The predicted molar refractivity (Wildman–Crippen MR) is 245 cm³/mol. The molecule has 1 heteroatoms. The van der Waals surface area contributed by atoms with E-state index in [1.54, 1.807) is 0 Å². The summed E-state index contributed by atoms with van der Waals surface area (Å²) in [5, 5.41) is 4.89. The zero-order chi connectivity index (χ0) is 39.0. The molecule has 0 atom stereocenters. The first kappa shape index (κ1) is 33.6. The van der Waals surface area contributed by atoms with Crippen LogP contribution in [-0.4, -0.2) is 0 Å². The van der Waals surface area contributed by atoms with Gasteiger partial charge in [0.1, 0.15) is 0 Å². The Morgan fingerprint density at radius 3 is 1.20 bits per heavy atom. The Bertz CT molecular complexity index is 3070. The SMILES string of the molecule is c1ccc(C2(c3ccccc3)c3ccccc3C3(c4ccccc4-c4c(N(c5ccc6ccccc6c5)c5ccc6ccccc6c5)cccc43)c3ccccc32)cc1. The highest BCUT2D eigenvalue weighted by molar-refractivity contribution is 6.01. The van der Waals surface area contributed by atoms with E-state index in [-0.39, 0.29) is 0 Å². The molecule has 59 heavy (non-hydrogen) atoms. The third kappa shape index (κ3) is 4.67. The second kappa shape index (κ2) is 13.0. The van der Waals surface area contributed by atoms with E-state index in [2.05, 4.69) is 241 Å². The lowest BCUT2D eigenvalue weighted by Gasteiger charge is -2.50. The van der Waals surface area contributed by atoms with Crippen molar-refractivity contribution in [1.82, 2.24) is 0 Å². The second-order valence-electron chi connectivity index (χ2n) is 16.0. The van der Waals surface area contributed by atoms with Crippen molar-refractivity contribution in [2.24, 2.45) is 0 Å². The molecule has 12 rings (SSSR count). The fourth-order valence-corrected chi connectivity index (χ4v) is 10.9. The zero-order valence-electron chi connectivity index (χ0n) is 32.5. The van der Waals surface area contributed by atoms with E-state index >= 15 is 0 Å². The number of nitrogens with zero attached hydrogens (tertiary/aromatic N) is 1. The van der Waals surface area contributed by atoms with Crippen LogP contribution in [0.1, 0.15) is 44.5 Å². The minimum absolute atomic E-state index is 0.543. The van der Waals surface area contributed by atoms with Crippen LogP contribution >= 0.6 is 0 Å². The molecule has 1 spiro atoms. The summed E-state index contributed by atoms with van der Waals surface area (Å²) in [5.41, 5.74) is 15.2. The van der Waals surface area contributed by atoms with Gasteiger partial charge < -0.3 is 4.90 Å². The molecule has 0 amide bonds. The van der Waals surface area contributed by atoms with Crippen LogP contribution in [0.5, 0.6) is 0 Å². The average molecular weight is 750 g/mol. The van der Waals surface area contributed by atoms with Crippen molar-refractivity contribution < 1.29 is 0 Å². The summed E-state index contributed by atoms with van der Waals surface area (Å²) in [7, 11) is 0. The van der Waals surface area contributed by atoms with Gasteiger partial charge in [0.2, 0.25) is 0 Å². The highest BCUT2D eigenvalue weighted by atomic mass is 15.1. The summed E-state index contributed by atoms with van der Waals surface area (Å²) < 4.78 is 0. The smallest absolute Gasteiger partial charge is 0.0720 e. The molecule has 0 radical (unpaired) electrons. The van der Waals surface area contributed by atoms with Gasteiger partial charge in [-0.3, -0.25) is 0 Å². The number of anilines is 3. The molecule has 0 bridgehead atoms. The van der Waals surface area contributed by atoms with Gasteiger partial charge in [0, 0.05) is 16.9 Å². The molecular weight excluding hydrogens is 711 g/mol. The molecule has 2 aliphatic rings. The molecule has 0 aliphatic heterocycles. The van der Waals surface area contributed by atoms with Crippen LogP contribution in [0.2, 0.25) is 0 Å². The van der Waals surface area contributed by atoms with E-state index in [0.29, 0.717) is 0 Å². The van der Waals surface area contributed by atoms with Crippen molar-refractivity contribution in [3.05, 3.63) is 281 Å². The van der Waals surface area contributed by atoms with Crippen molar-refractivity contribution in [3.63, 3.8) is 0 Å². The van der Waals surface area contributed by atoms with Crippen molar-refractivity contribution in [2.45, 2.75) is 10.8 Å². The molecule has 10 aromatic rings. The molecule has 0 fully saturated rings. The van der Waals surface area contributed by atoms with Crippen LogP contribution in [0.3, 0.4) is 0 Å². The third-order valence-electron chi connectivity index (χ3n) is 13.2. The van der Waals surface area contributed by atoms with Crippen molar-refractivity contribution in [3.8, 4) is 11.1 Å². The Morgan fingerprint density at radius 1 is 0.271 bits per heavy atom. The molecule has 0 N–H and O–H groups in total. The van der Waals surface area contributed by atoms with Gasteiger partial charge in [-0.15, -0.1) is 0 Å². The summed E-state index contributed by atoms with van der Waals surface area (Å²) in [5.74, 6) is 0. The maximum atomic E-state index is 2.49. The first-order chi connectivity index (χ1) is 29.3. The molecule has 10 aromatic carbocycles. The number of rotatable bonds is 5. The fourth-order valence-electron chi connectivity index (χ4n) is 10.9. The molecule has 0 unspecified atom stereocenters. The van der Waals surface area contributed by atoms with E-state index in [1.165, 1.54) is 77.2 Å². The molecule has 2 aliphatic carbocycles. The Kier molecular flexibility index (Phi) is 7.43. The fraction of sp³-hybridized carbons (Fsp3) is 0.0345. The topological polar surface area (TPSA) is 3.24 Å². The highest BCUT2D eigenvalue weighted by Gasteiger charge is 2.57. The van der Waals surface area contributed by atoms with E-state index < -0.39 is 10.8 Å². The van der Waals surface area contributed by atoms with Gasteiger partial charge in [0.25, 0.3) is 0 Å². The molecule has 0 saturated carbocycles. The Labute approximate surface area is 345 Å². The first-order valence-corrected chi connectivity index (χ1v) is 20.6. The molecule has 0 saturated heterocycles. The van der Waals surface area contributed by atoms with Gasteiger partial charge in [0.15, 0.2) is 0 Å². The van der Waals surface area contributed by atoms with Crippen LogP contribution in [-0.2, 0) is 10.8 Å². The van der Waals surface area contributed by atoms with Gasteiger partial charge in [-0.1, -0.05) is 206 Å². The number of benzene rings is 10. The summed E-state index contributed by atoms with van der Waals surface area (Å²) in [6, 6.07) is 88.2. The molecule has 0 aromatic heterocycles. The lowest BCUT2D eigenvalue weighted by Crippen LogP contribution is -2.44. The number of fused-ring (bicyclic) bond motifs is 11. The van der Waals surface area contributed by atoms with Gasteiger partial charge >= 0.3 is 0 Å². The number of hydrogen-bond acceptors (Lipinski definition) is 1. The van der Waals surface area contributed by atoms with E-state index in [9.17, 15) is 0 Å². The van der Waals surface area contributed by atoms with Crippen LogP contribution in [0, 0.1) is 0 Å². The lowest BCUT2D eigenvalue weighted by molar-refractivity contribution is 0.623. The Morgan fingerprint density at radius 2 is 0.678 bits per heavy atom. The van der Waals surface area contributed by atoms with Crippen molar-refractivity contribution in [2.75, 3.05) is 4.90 Å². The van der Waals surface area contributed by atoms with Crippen molar-refractivity contribution in [1.29, 1.82) is 0 Å². The maximum Gasteiger partial charge on any atom is 0.0720 e. The van der Waals surface area contributed by atoms with Crippen LogP contribution in [0.25, 0.3) is 32.7 Å². The first-order valence-electron chi connectivity index (χ1n) is 20.6. The van der Waals surface area contributed by atoms with Crippen LogP contribution < -0.4 is 4.90 Å². The van der Waals surface area contributed by atoms with Crippen LogP contribution in [0.4, 0.5) is 17.1 Å². The van der Waals surface area contributed by atoms with Gasteiger partial charge in [0.05, 0.1) is 16.5 Å². The molecule has 0 heterocycles. The van der Waals surface area contributed by atoms with E-state index in [0.717, 1.165) is 17.1 Å². The quantitative estimate of drug-likeness (QED) is 0.169. The van der Waals surface area contributed by atoms with Gasteiger partial charge in [-0.25, -0.2) is 0 Å². The van der Waals surface area contributed by atoms with Gasteiger partial charge in [-0.2, -0.15) is 0 Å². The summed E-state index contributed by atoms with van der Waals surface area (Å²) in [6.07, 6.45) is 0. The molecule has 1 nitrogen and oxygen atoms in total. The lowest BCUT2D eigenvalue weighted by atomic mass is 9.51. The third-order valence-corrected chi connectivity index (χ3v) is 13.2. The Balaban J connectivity index is 1.20. The zero-order valence-corrected chi connectivity index (χ0v) is 32.5. The van der Waals surface area contributed by atoms with E-state index in [1.807, 2.05) is 0 Å². The highest BCUT2D eigenvalue weighted by Crippen LogP contribution is 2.66. The van der Waals surface area contributed by atoms with Crippen LogP contribution in [0.15, 0.2) is 237 Å². The average Bonchev–Trinajstić information content (AvgIpc) is 3.61. The minimum Gasteiger partial charge on any atom is -0.310 e. The van der Waals surface area contributed by atoms with Gasteiger partial charge in [-0.05, 0) is 102 Å². The summed E-state index contributed by atoms with van der Waals surface area (Å²) >= 11 is 0. The Hall–Kier alpha value is -7.48. The normalized spacial score (nSPS) is 14.0. The summed E-state index contributed by atoms with van der Waals surface area (Å²) in [4.78, 5) is 2.49. The number of hydrogen-bond donors (Lipinski definition) is 0. The van der Waals surface area contributed by atoms with Crippen molar-refractivity contribution >= 4 is 38.6 Å². The van der Waals surface area contributed by atoms with E-state index in [4.69, 9.17) is 0 Å². The summed E-state index contributed by atoms with van der Waals surface area (Å²) in [6.45, 7) is 0. The largest absolute Gasteiger partial charge is 0.310 e. The second-order valence-corrected chi connectivity index (χ2v) is 16.0. The monoisotopic (exact) mass is 749 g/mol. The maximum absolute atomic E-state index is 2.49.